The molecule has 2 unspecified atom stereocenters. The van der Waals surface area contributed by atoms with Crippen molar-refractivity contribution in [3.8, 4) is 0 Å². The molecule has 56 valence electrons. The molecule has 2 aliphatic rings. The van der Waals surface area contributed by atoms with E-state index < -0.39 is 0 Å². The number of carbonyl (C=O) groups excluding carboxylic acids is 1. The third-order valence-electron chi connectivity index (χ3n) is 2.84. The van der Waals surface area contributed by atoms with Gasteiger partial charge in [-0.1, -0.05) is 0 Å². The highest BCUT2D eigenvalue weighted by Gasteiger charge is 2.46. The monoisotopic (exact) mass is 164 g/mol. The first kappa shape index (κ1) is 5.95. The number of hydrogen-bond donors (Lipinski definition) is 0. The van der Waals surface area contributed by atoms with Crippen LogP contribution in [0.1, 0.15) is 22.8 Å². The summed E-state index contributed by atoms with van der Waals surface area (Å²) in [5, 5.41) is 2.10. The van der Waals surface area contributed by atoms with Crippen molar-refractivity contribution in [2.45, 2.75) is 18.8 Å². The predicted octanol–water partition coefficient (Wildman–Crippen LogP) is 1.98. The van der Waals surface area contributed by atoms with Crippen LogP contribution in [0.2, 0.25) is 0 Å². The first-order valence-electron chi connectivity index (χ1n) is 3.95. The molecule has 0 saturated heterocycles. The highest BCUT2D eigenvalue weighted by Crippen LogP contribution is 2.50. The largest absolute Gasteiger partial charge is 0.299 e. The SMILES string of the molecule is O=C1CC2Cc3sccc3C12. The Morgan fingerprint density at radius 1 is 1.45 bits per heavy atom. The summed E-state index contributed by atoms with van der Waals surface area (Å²) in [6.07, 6.45) is 2.01. The molecular weight excluding hydrogens is 156 g/mol. The van der Waals surface area contributed by atoms with E-state index in [1.807, 2.05) is 11.3 Å². The number of fused-ring (bicyclic) bond motifs is 3. The minimum atomic E-state index is 0.316. The summed E-state index contributed by atoms with van der Waals surface area (Å²) in [5.41, 5.74) is 1.34. The summed E-state index contributed by atoms with van der Waals surface area (Å²) < 4.78 is 0. The average Bonchev–Trinajstić information content (AvgIpc) is 2.43. The van der Waals surface area contributed by atoms with Gasteiger partial charge >= 0.3 is 0 Å². The molecule has 0 radical (unpaired) electrons. The van der Waals surface area contributed by atoms with Gasteiger partial charge in [-0.2, -0.15) is 0 Å². The van der Waals surface area contributed by atoms with E-state index in [0.717, 1.165) is 6.42 Å². The molecule has 0 N–H and O–H groups in total. The predicted molar refractivity (Wildman–Crippen MR) is 43.9 cm³/mol. The van der Waals surface area contributed by atoms with Crippen LogP contribution in [0.3, 0.4) is 0 Å². The molecule has 2 heteroatoms. The van der Waals surface area contributed by atoms with Crippen LogP contribution in [0.5, 0.6) is 0 Å². The Balaban J connectivity index is 2.14. The summed E-state index contributed by atoms with van der Waals surface area (Å²) in [5.74, 6) is 1.47. The van der Waals surface area contributed by atoms with E-state index in [1.165, 1.54) is 16.9 Å². The number of rotatable bonds is 0. The summed E-state index contributed by atoms with van der Waals surface area (Å²) in [6.45, 7) is 0. The van der Waals surface area contributed by atoms with Crippen molar-refractivity contribution in [1.29, 1.82) is 0 Å². The zero-order chi connectivity index (χ0) is 7.42. The van der Waals surface area contributed by atoms with E-state index in [4.69, 9.17) is 0 Å². The van der Waals surface area contributed by atoms with Gasteiger partial charge in [0.1, 0.15) is 5.78 Å². The lowest BCUT2D eigenvalue weighted by Crippen LogP contribution is -2.31. The van der Waals surface area contributed by atoms with Crippen molar-refractivity contribution < 1.29 is 4.79 Å². The molecular formula is C9H8OS. The molecule has 0 aliphatic heterocycles. The van der Waals surface area contributed by atoms with Crippen LogP contribution in [0.4, 0.5) is 0 Å². The molecule has 1 saturated carbocycles. The second-order valence-corrected chi connectivity index (χ2v) is 4.41. The molecule has 1 heterocycles. The Labute approximate surface area is 69.0 Å². The van der Waals surface area contributed by atoms with Crippen molar-refractivity contribution in [2.75, 3.05) is 0 Å². The van der Waals surface area contributed by atoms with Crippen LogP contribution in [0, 0.1) is 5.92 Å². The van der Waals surface area contributed by atoms with Gasteiger partial charge in [-0.3, -0.25) is 4.79 Å². The first-order valence-corrected chi connectivity index (χ1v) is 4.83. The molecule has 0 aromatic carbocycles. The van der Waals surface area contributed by atoms with Gasteiger partial charge in [0.2, 0.25) is 0 Å². The van der Waals surface area contributed by atoms with E-state index in [2.05, 4.69) is 11.4 Å². The van der Waals surface area contributed by atoms with Crippen LogP contribution in [-0.2, 0) is 11.2 Å². The Morgan fingerprint density at radius 2 is 2.36 bits per heavy atom. The van der Waals surface area contributed by atoms with Crippen molar-refractivity contribution >= 4 is 17.1 Å². The van der Waals surface area contributed by atoms with Crippen molar-refractivity contribution in [1.82, 2.24) is 0 Å². The molecule has 1 aromatic heterocycles. The van der Waals surface area contributed by atoms with Gasteiger partial charge in [-0.05, 0) is 29.3 Å². The molecule has 0 spiro atoms. The zero-order valence-electron chi connectivity index (χ0n) is 6.04. The number of thiophene rings is 1. The molecule has 2 aliphatic carbocycles. The number of hydrogen-bond acceptors (Lipinski definition) is 2. The van der Waals surface area contributed by atoms with Gasteiger partial charge in [0.15, 0.2) is 0 Å². The van der Waals surface area contributed by atoms with E-state index in [1.54, 1.807) is 0 Å². The third kappa shape index (κ3) is 0.590. The molecule has 3 rings (SSSR count). The quantitative estimate of drug-likeness (QED) is 0.573. The topological polar surface area (TPSA) is 17.1 Å². The molecule has 1 aromatic rings. The maximum Gasteiger partial charge on any atom is 0.141 e. The van der Waals surface area contributed by atoms with Crippen LogP contribution in [0.25, 0.3) is 0 Å². The standard InChI is InChI=1S/C9H8OS/c10-7-3-5-4-8-6(9(5)7)1-2-11-8/h1-2,5,9H,3-4H2. The van der Waals surface area contributed by atoms with E-state index in [0.29, 0.717) is 17.6 Å². The first-order chi connectivity index (χ1) is 5.36. The normalized spacial score (nSPS) is 32.9. The van der Waals surface area contributed by atoms with Crippen LogP contribution in [0.15, 0.2) is 11.4 Å². The minimum Gasteiger partial charge on any atom is -0.299 e. The lowest BCUT2D eigenvalue weighted by atomic mass is 9.73. The van der Waals surface area contributed by atoms with Gasteiger partial charge in [0.25, 0.3) is 0 Å². The van der Waals surface area contributed by atoms with E-state index >= 15 is 0 Å². The molecule has 0 bridgehead atoms. The smallest absolute Gasteiger partial charge is 0.141 e. The van der Waals surface area contributed by atoms with Gasteiger partial charge in [-0.15, -0.1) is 11.3 Å². The van der Waals surface area contributed by atoms with Crippen LogP contribution in [-0.4, -0.2) is 5.78 Å². The maximum absolute atomic E-state index is 11.2. The molecule has 1 fully saturated rings. The van der Waals surface area contributed by atoms with Crippen molar-refractivity contribution in [2.24, 2.45) is 5.92 Å². The zero-order valence-corrected chi connectivity index (χ0v) is 6.86. The maximum atomic E-state index is 11.2. The Bertz CT molecular complexity index is 326. The second kappa shape index (κ2) is 1.75. The lowest BCUT2D eigenvalue weighted by Gasteiger charge is -2.28. The molecule has 0 amide bonds. The van der Waals surface area contributed by atoms with E-state index in [-0.39, 0.29) is 0 Å². The highest BCUT2D eigenvalue weighted by atomic mass is 32.1. The fraction of sp³-hybridized carbons (Fsp3) is 0.444. The Kier molecular flexibility index (Phi) is 0.946. The Morgan fingerprint density at radius 3 is 3.18 bits per heavy atom. The average molecular weight is 164 g/mol. The fourth-order valence-electron chi connectivity index (χ4n) is 2.25. The lowest BCUT2D eigenvalue weighted by molar-refractivity contribution is -0.128. The number of carbonyl (C=O) groups is 1. The second-order valence-electron chi connectivity index (χ2n) is 3.41. The van der Waals surface area contributed by atoms with Crippen LogP contribution >= 0.6 is 11.3 Å². The molecule has 1 nitrogen and oxygen atoms in total. The third-order valence-corrected chi connectivity index (χ3v) is 3.80. The Hall–Kier alpha value is -0.630. The van der Waals surface area contributed by atoms with Crippen molar-refractivity contribution in [3.63, 3.8) is 0 Å². The van der Waals surface area contributed by atoms with Gasteiger partial charge in [-0.25, -0.2) is 0 Å². The molecule has 2 atom stereocenters. The number of Topliss-reactive ketones (excluding diaryl/α,β-unsaturated/α-hetero) is 1. The fourth-order valence-corrected chi connectivity index (χ4v) is 3.27. The van der Waals surface area contributed by atoms with Gasteiger partial charge in [0.05, 0.1) is 0 Å². The molecule has 11 heavy (non-hydrogen) atoms. The van der Waals surface area contributed by atoms with E-state index in [9.17, 15) is 4.79 Å². The van der Waals surface area contributed by atoms with Gasteiger partial charge < -0.3 is 0 Å². The summed E-state index contributed by atoms with van der Waals surface area (Å²) in [6, 6.07) is 2.13. The summed E-state index contributed by atoms with van der Waals surface area (Å²) in [4.78, 5) is 12.6. The minimum absolute atomic E-state index is 0.316. The van der Waals surface area contributed by atoms with Crippen molar-refractivity contribution in [3.05, 3.63) is 21.9 Å². The van der Waals surface area contributed by atoms with Gasteiger partial charge in [0, 0.05) is 17.2 Å². The number of ketones is 1. The summed E-state index contributed by atoms with van der Waals surface area (Å²) in [7, 11) is 0. The van der Waals surface area contributed by atoms with Crippen LogP contribution < -0.4 is 0 Å². The summed E-state index contributed by atoms with van der Waals surface area (Å²) >= 11 is 1.81. The highest BCUT2D eigenvalue weighted by molar-refractivity contribution is 7.10.